The van der Waals surface area contributed by atoms with Gasteiger partial charge in [-0.3, -0.25) is 0 Å². The van der Waals surface area contributed by atoms with E-state index in [1.54, 1.807) is 0 Å². The molecule has 0 amide bonds. The van der Waals surface area contributed by atoms with Crippen molar-refractivity contribution in [3.63, 3.8) is 0 Å². The van der Waals surface area contributed by atoms with Gasteiger partial charge in [0.25, 0.3) is 0 Å². The number of unbranched alkanes of at least 4 members (excludes halogenated alkanes) is 28. The Labute approximate surface area is 268 Å². The summed E-state index contributed by atoms with van der Waals surface area (Å²) >= 11 is 0. The Morgan fingerprint density at radius 2 is 0.357 bits per heavy atom. The van der Waals surface area contributed by atoms with Gasteiger partial charge in [-0.2, -0.15) is 0 Å². The highest BCUT2D eigenvalue weighted by atomic mass is 19.0. The van der Waals surface area contributed by atoms with E-state index in [2.05, 4.69) is 27.7 Å². The first-order valence-corrected chi connectivity index (χ1v) is 20.1. The van der Waals surface area contributed by atoms with Crippen LogP contribution in [0, 0.1) is 0 Å². The van der Waals surface area contributed by atoms with Gasteiger partial charge in [-0.15, -0.1) is 0 Å². The molecule has 0 aliphatic carbocycles. The normalized spacial score (nSPS) is 11.7. The Hall–Kier alpha value is -0.110. The van der Waals surface area contributed by atoms with Gasteiger partial charge in [0.2, 0.25) is 0 Å². The van der Waals surface area contributed by atoms with Crippen LogP contribution in [0.15, 0.2) is 0 Å². The number of hydrogen-bond acceptors (Lipinski definition) is 0. The van der Waals surface area contributed by atoms with Crippen LogP contribution >= 0.6 is 0 Å². The SMILES string of the molecule is CCCCCCCCCC[N+](CCCCCCCCCC)(CCCCCCCCCC)CCCCCCCCCC.[F-]. The topological polar surface area (TPSA) is 0 Å². The molecule has 256 valence electrons. The first kappa shape index (κ1) is 44.0. The Kier molecular flexibility index (Phi) is 38.9. The lowest BCUT2D eigenvalue weighted by molar-refractivity contribution is -0.929. The lowest BCUT2D eigenvalue weighted by Crippen LogP contribution is -3.00. The minimum Gasteiger partial charge on any atom is -1.00 e. The zero-order valence-corrected chi connectivity index (χ0v) is 30.3. The molecule has 0 aromatic heterocycles. The zero-order valence-electron chi connectivity index (χ0n) is 30.3. The fraction of sp³-hybridized carbons (Fsp3) is 1.00. The number of nitrogens with zero attached hydrogens (tertiary/aromatic N) is 1. The Bertz CT molecular complexity index is 379. The summed E-state index contributed by atoms with van der Waals surface area (Å²) in [5.74, 6) is 0. The summed E-state index contributed by atoms with van der Waals surface area (Å²) in [6.07, 6.45) is 46.7. The van der Waals surface area contributed by atoms with Crippen LogP contribution in [0.2, 0.25) is 0 Å². The molecule has 0 aliphatic heterocycles. The van der Waals surface area contributed by atoms with Gasteiger partial charge in [0, 0.05) is 0 Å². The summed E-state index contributed by atoms with van der Waals surface area (Å²) in [6.45, 7) is 15.3. The highest BCUT2D eigenvalue weighted by Crippen LogP contribution is 2.21. The summed E-state index contributed by atoms with van der Waals surface area (Å²) < 4.78 is 1.48. The molecule has 1 nitrogen and oxygen atoms in total. The average Bonchev–Trinajstić information content (AvgIpc) is 2.98. The van der Waals surface area contributed by atoms with Gasteiger partial charge in [-0.05, 0) is 51.4 Å². The molecule has 2 heteroatoms. The molecule has 0 saturated carbocycles. The van der Waals surface area contributed by atoms with Crippen LogP contribution in [0.5, 0.6) is 0 Å². The molecule has 0 aromatic carbocycles. The van der Waals surface area contributed by atoms with E-state index in [-0.39, 0.29) is 4.70 Å². The maximum atomic E-state index is 2.34. The highest BCUT2D eigenvalue weighted by Gasteiger charge is 2.25. The van der Waals surface area contributed by atoms with E-state index >= 15 is 0 Å². The summed E-state index contributed by atoms with van der Waals surface area (Å²) in [4.78, 5) is 0. The van der Waals surface area contributed by atoms with Crippen molar-refractivity contribution < 1.29 is 9.19 Å². The Balaban J connectivity index is 0. The fourth-order valence-corrected chi connectivity index (χ4v) is 7.00. The van der Waals surface area contributed by atoms with Crippen molar-refractivity contribution in [3.05, 3.63) is 0 Å². The molecule has 0 aromatic rings. The van der Waals surface area contributed by atoms with E-state index in [0.717, 1.165) is 0 Å². The monoisotopic (exact) mass is 598 g/mol. The molecule has 0 saturated heterocycles. The standard InChI is InChI=1S/C40H84N.FH/c1-5-9-13-17-21-25-29-33-37-41(38-34-30-26-22-18-14-10-6-2,39-35-31-27-23-19-15-11-7-3)40-36-32-28-24-20-16-12-8-4;/h5-40H2,1-4H3;1H/q+1;/p-1. The van der Waals surface area contributed by atoms with Crippen molar-refractivity contribution in [2.75, 3.05) is 26.2 Å². The first-order chi connectivity index (χ1) is 20.2. The predicted octanol–water partition coefficient (Wildman–Crippen LogP) is 11.4. The van der Waals surface area contributed by atoms with Crippen LogP contribution in [-0.2, 0) is 0 Å². The van der Waals surface area contributed by atoms with Gasteiger partial charge >= 0.3 is 0 Å². The summed E-state index contributed by atoms with van der Waals surface area (Å²) in [5, 5.41) is 0. The maximum Gasteiger partial charge on any atom is 0.0786 e. The first-order valence-electron chi connectivity index (χ1n) is 20.1. The summed E-state index contributed by atoms with van der Waals surface area (Å²) in [7, 11) is 0. The second kappa shape index (κ2) is 37.1. The zero-order chi connectivity index (χ0) is 30.0. The van der Waals surface area contributed by atoms with Gasteiger partial charge in [0.15, 0.2) is 0 Å². The van der Waals surface area contributed by atoms with Crippen molar-refractivity contribution >= 4 is 0 Å². The lowest BCUT2D eigenvalue weighted by atomic mass is 10.0. The molecule has 0 spiro atoms. The van der Waals surface area contributed by atoms with Crippen molar-refractivity contribution in [1.29, 1.82) is 0 Å². The van der Waals surface area contributed by atoms with Crippen molar-refractivity contribution in [3.8, 4) is 0 Å². The minimum atomic E-state index is 0. The van der Waals surface area contributed by atoms with E-state index in [1.807, 2.05) is 0 Å². The largest absolute Gasteiger partial charge is 1.00 e. The summed E-state index contributed by atoms with van der Waals surface area (Å²) in [5.41, 5.74) is 0. The smallest absolute Gasteiger partial charge is 0.0786 e. The molecular formula is C40H84FN. The van der Waals surface area contributed by atoms with Crippen LogP contribution in [0.4, 0.5) is 0 Å². The van der Waals surface area contributed by atoms with Gasteiger partial charge < -0.3 is 9.19 Å². The highest BCUT2D eigenvalue weighted by molar-refractivity contribution is 4.56. The number of halogens is 1. The Morgan fingerprint density at radius 3 is 0.524 bits per heavy atom. The molecule has 0 aliphatic rings. The lowest BCUT2D eigenvalue weighted by Gasteiger charge is -2.40. The number of hydrogen-bond donors (Lipinski definition) is 0. The molecule has 42 heavy (non-hydrogen) atoms. The molecule has 0 fully saturated rings. The van der Waals surface area contributed by atoms with Gasteiger partial charge in [0.1, 0.15) is 0 Å². The molecular weight excluding hydrogens is 513 g/mol. The third-order valence-corrected chi connectivity index (χ3v) is 9.94. The van der Waals surface area contributed by atoms with Crippen molar-refractivity contribution in [2.45, 2.75) is 233 Å². The predicted molar refractivity (Wildman–Crippen MR) is 190 cm³/mol. The molecule has 0 heterocycles. The van der Waals surface area contributed by atoms with Crippen LogP contribution < -0.4 is 4.70 Å². The van der Waals surface area contributed by atoms with Crippen LogP contribution in [0.3, 0.4) is 0 Å². The van der Waals surface area contributed by atoms with E-state index < -0.39 is 0 Å². The van der Waals surface area contributed by atoms with Crippen LogP contribution in [0.1, 0.15) is 233 Å². The minimum absolute atomic E-state index is 0. The quantitative estimate of drug-likeness (QED) is 0.0498. The van der Waals surface area contributed by atoms with Crippen LogP contribution in [0.25, 0.3) is 0 Å². The van der Waals surface area contributed by atoms with E-state index in [1.165, 1.54) is 236 Å². The molecule has 0 rings (SSSR count). The van der Waals surface area contributed by atoms with E-state index in [4.69, 9.17) is 0 Å². The van der Waals surface area contributed by atoms with Gasteiger partial charge in [0.05, 0.1) is 26.2 Å². The third-order valence-electron chi connectivity index (χ3n) is 9.94. The molecule has 0 radical (unpaired) electrons. The number of rotatable bonds is 36. The molecule has 0 bridgehead atoms. The second-order valence-electron chi connectivity index (χ2n) is 14.1. The average molecular weight is 598 g/mol. The van der Waals surface area contributed by atoms with Gasteiger partial charge in [-0.25, -0.2) is 0 Å². The molecule has 0 N–H and O–H groups in total. The van der Waals surface area contributed by atoms with E-state index in [9.17, 15) is 0 Å². The third kappa shape index (κ3) is 31.3. The number of quaternary nitrogens is 1. The van der Waals surface area contributed by atoms with E-state index in [0.29, 0.717) is 0 Å². The fourth-order valence-electron chi connectivity index (χ4n) is 7.00. The maximum absolute atomic E-state index is 2.34. The van der Waals surface area contributed by atoms with Gasteiger partial charge in [-0.1, -0.05) is 182 Å². The van der Waals surface area contributed by atoms with Crippen LogP contribution in [-0.4, -0.2) is 30.7 Å². The second-order valence-corrected chi connectivity index (χ2v) is 14.1. The Morgan fingerprint density at radius 1 is 0.214 bits per heavy atom. The molecule has 0 atom stereocenters. The molecule has 0 unspecified atom stereocenters. The summed E-state index contributed by atoms with van der Waals surface area (Å²) in [6, 6.07) is 0. The van der Waals surface area contributed by atoms with Crippen molar-refractivity contribution in [1.82, 2.24) is 0 Å². The van der Waals surface area contributed by atoms with Crippen molar-refractivity contribution in [2.24, 2.45) is 0 Å².